The number of aromatic nitrogens is 1. The largest absolute Gasteiger partial charge is 0.393 e. The van der Waals surface area contributed by atoms with Crippen molar-refractivity contribution in [2.75, 3.05) is 13.1 Å². The fraction of sp³-hybridized carbons (Fsp3) is 0.636. The molecule has 0 aliphatic carbocycles. The lowest BCUT2D eigenvalue weighted by atomic mass is 10.1. The molecule has 2 rings (SSSR count). The highest BCUT2D eigenvalue weighted by molar-refractivity contribution is 7.13. The van der Waals surface area contributed by atoms with Gasteiger partial charge in [-0.25, -0.2) is 4.98 Å². The van der Waals surface area contributed by atoms with Gasteiger partial charge < -0.3 is 10.0 Å². The van der Waals surface area contributed by atoms with Gasteiger partial charge in [-0.15, -0.1) is 11.3 Å². The first-order chi connectivity index (χ1) is 7.58. The Morgan fingerprint density at radius 2 is 2.06 bits per heavy atom. The molecule has 16 heavy (non-hydrogen) atoms. The summed E-state index contributed by atoms with van der Waals surface area (Å²) in [6, 6.07) is 0. The SMILES string of the molecule is Cc1nc(C)c(C(=O)N2CCC(O)CC2)s1. The van der Waals surface area contributed by atoms with Crippen LogP contribution in [-0.2, 0) is 0 Å². The maximum Gasteiger partial charge on any atom is 0.265 e. The molecule has 1 amide bonds. The van der Waals surface area contributed by atoms with Gasteiger partial charge in [-0.3, -0.25) is 4.79 Å². The molecule has 2 heterocycles. The van der Waals surface area contributed by atoms with Crippen LogP contribution in [0.2, 0.25) is 0 Å². The molecule has 1 aromatic rings. The van der Waals surface area contributed by atoms with Crippen LogP contribution in [0.1, 0.15) is 33.2 Å². The number of aliphatic hydroxyl groups is 1. The van der Waals surface area contributed by atoms with Gasteiger partial charge >= 0.3 is 0 Å². The quantitative estimate of drug-likeness (QED) is 0.806. The van der Waals surface area contributed by atoms with Crippen molar-refractivity contribution in [2.45, 2.75) is 32.8 Å². The van der Waals surface area contributed by atoms with Gasteiger partial charge in [0, 0.05) is 13.1 Å². The highest BCUT2D eigenvalue weighted by atomic mass is 32.1. The van der Waals surface area contributed by atoms with E-state index >= 15 is 0 Å². The lowest BCUT2D eigenvalue weighted by Gasteiger charge is -2.29. The van der Waals surface area contributed by atoms with E-state index in [9.17, 15) is 9.90 Å². The molecule has 1 saturated heterocycles. The number of thiazole rings is 1. The van der Waals surface area contributed by atoms with Crippen molar-refractivity contribution in [2.24, 2.45) is 0 Å². The Morgan fingerprint density at radius 3 is 2.56 bits per heavy atom. The van der Waals surface area contributed by atoms with Gasteiger partial charge in [-0.05, 0) is 26.7 Å². The third-order valence-corrected chi connectivity index (χ3v) is 3.91. The Balaban J connectivity index is 2.10. The Hall–Kier alpha value is -0.940. The number of aryl methyl sites for hydroxylation is 2. The lowest BCUT2D eigenvalue weighted by Crippen LogP contribution is -2.39. The van der Waals surface area contributed by atoms with E-state index < -0.39 is 0 Å². The average molecular weight is 240 g/mol. The zero-order valence-corrected chi connectivity index (χ0v) is 10.4. The predicted octanol–water partition coefficient (Wildman–Crippen LogP) is 1.36. The van der Waals surface area contributed by atoms with Crippen molar-refractivity contribution >= 4 is 17.2 Å². The normalized spacial score (nSPS) is 17.8. The minimum Gasteiger partial charge on any atom is -0.393 e. The van der Waals surface area contributed by atoms with E-state index in [1.165, 1.54) is 11.3 Å². The van der Waals surface area contributed by atoms with Gasteiger partial charge in [-0.2, -0.15) is 0 Å². The van der Waals surface area contributed by atoms with Crippen LogP contribution in [0.5, 0.6) is 0 Å². The molecule has 0 bridgehead atoms. The van der Waals surface area contributed by atoms with Crippen LogP contribution in [0.3, 0.4) is 0 Å². The summed E-state index contributed by atoms with van der Waals surface area (Å²) in [5.41, 5.74) is 0.818. The van der Waals surface area contributed by atoms with Crippen LogP contribution in [-0.4, -0.2) is 40.1 Å². The standard InChI is InChI=1S/C11H16N2O2S/c1-7-10(16-8(2)12-7)11(15)13-5-3-9(14)4-6-13/h9,14H,3-6H2,1-2H3. The van der Waals surface area contributed by atoms with Gasteiger partial charge in [0.1, 0.15) is 4.88 Å². The van der Waals surface area contributed by atoms with Gasteiger partial charge in [0.05, 0.1) is 16.8 Å². The monoisotopic (exact) mass is 240 g/mol. The molecular formula is C11H16N2O2S. The molecule has 0 radical (unpaired) electrons. The number of hydrogen-bond acceptors (Lipinski definition) is 4. The van der Waals surface area contributed by atoms with Crippen LogP contribution in [0, 0.1) is 13.8 Å². The van der Waals surface area contributed by atoms with Crippen LogP contribution < -0.4 is 0 Å². The van der Waals surface area contributed by atoms with E-state index in [2.05, 4.69) is 4.98 Å². The zero-order chi connectivity index (χ0) is 11.7. The molecule has 0 unspecified atom stereocenters. The second-order valence-corrected chi connectivity index (χ2v) is 5.37. The van der Waals surface area contributed by atoms with Crippen LogP contribution in [0.4, 0.5) is 0 Å². The zero-order valence-electron chi connectivity index (χ0n) is 9.56. The Morgan fingerprint density at radius 1 is 1.44 bits per heavy atom. The molecule has 1 N–H and O–H groups in total. The van der Waals surface area contributed by atoms with Gasteiger partial charge in [0.15, 0.2) is 0 Å². The first-order valence-electron chi connectivity index (χ1n) is 5.49. The number of carbonyl (C=O) groups excluding carboxylic acids is 1. The van der Waals surface area contributed by atoms with Crippen molar-refractivity contribution in [1.82, 2.24) is 9.88 Å². The third-order valence-electron chi connectivity index (χ3n) is 2.85. The molecule has 1 aromatic heterocycles. The summed E-state index contributed by atoms with van der Waals surface area (Å²) in [6.45, 7) is 5.08. The summed E-state index contributed by atoms with van der Waals surface area (Å²) in [6.07, 6.45) is 1.12. The average Bonchev–Trinajstić information content (AvgIpc) is 2.58. The molecule has 5 heteroatoms. The highest BCUT2D eigenvalue weighted by Gasteiger charge is 2.24. The Bertz CT molecular complexity index is 395. The lowest BCUT2D eigenvalue weighted by molar-refractivity contribution is 0.0550. The molecule has 1 aliphatic heterocycles. The molecular weight excluding hydrogens is 224 g/mol. The number of rotatable bonds is 1. The smallest absolute Gasteiger partial charge is 0.265 e. The number of piperidine rings is 1. The summed E-state index contributed by atoms with van der Waals surface area (Å²) in [7, 11) is 0. The molecule has 1 fully saturated rings. The van der Waals surface area contributed by atoms with Crippen LogP contribution in [0.15, 0.2) is 0 Å². The minimum absolute atomic E-state index is 0.0648. The minimum atomic E-state index is -0.242. The van der Waals surface area contributed by atoms with Crippen molar-refractivity contribution < 1.29 is 9.90 Å². The van der Waals surface area contributed by atoms with E-state index in [1.807, 2.05) is 18.7 Å². The first-order valence-corrected chi connectivity index (χ1v) is 6.31. The topological polar surface area (TPSA) is 53.4 Å². The molecule has 0 saturated carbocycles. The predicted molar refractivity (Wildman–Crippen MR) is 62.7 cm³/mol. The van der Waals surface area contributed by atoms with Crippen molar-refractivity contribution in [3.05, 3.63) is 15.6 Å². The van der Waals surface area contributed by atoms with Crippen LogP contribution >= 0.6 is 11.3 Å². The van der Waals surface area contributed by atoms with Crippen molar-refractivity contribution in [1.29, 1.82) is 0 Å². The van der Waals surface area contributed by atoms with E-state index in [4.69, 9.17) is 0 Å². The summed E-state index contributed by atoms with van der Waals surface area (Å²) in [4.78, 5) is 19.0. The maximum atomic E-state index is 12.2. The van der Waals surface area contributed by atoms with Crippen LogP contribution in [0.25, 0.3) is 0 Å². The molecule has 0 atom stereocenters. The fourth-order valence-corrected chi connectivity index (χ4v) is 2.83. The molecule has 1 aliphatic rings. The second kappa shape index (κ2) is 4.51. The van der Waals surface area contributed by atoms with E-state index in [0.29, 0.717) is 25.9 Å². The Kier molecular flexibility index (Phi) is 3.25. The van der Waals surface area contributed by atoms with Gasteiger partial charge in [0.2, 0.25) is 0 Å². The third kappa shape index (κ3) is 2.25. The van der Waals surface area contributed by atoms with Crippen molar-refractivity contribution in [3.63, 3.8) is 0 Å². The number of likely N-dealkylation sites (tertiary alicyclic amines) is 1. The maximum absolute atomic E-state index is 12.2. The van der Waals surface area contributed by atoms with E-state index in [-0.39, 0.29) is 12.0 Å². The van der Waals surface area contributed by atoms with Gasteiger partial charge in [-0.1, -0.05) is 0 Å². The highest BCUT2D eigenvalue weighted by Crippen LogP contribution is 2.21. The first kappa shape index (κ1) is 11.5. The van der Waals surface area contributed by atoms with Gasteiger partial charge in [0.25, 0.3) is 5.91 Å². The van der Waals surface area contributed by atoms with E-state index in [1.54, 1.807) is 0 Å². The second-order valence-electron chi connectivity index (χ2n) is 4.17. The molecule has 0 aromatic carbocycles. The molecule has 4 nitrogen and oxygen atoms in total. The summed E-state index contributed by atoms with van der Waals surface area (Å²) in [5, 5.41) is 10.3. The summed E-state index contributed by atoms with van der Waals surface area (Å²) in [5.74, 6) is 0.0648. The summed E-state index contributed by atoms with van der Waals surface area (Å²) >= 11 is 1.45. The fourth-order valence-electron chi connectivity index (χ4n) is 1.94. The number of amides is 1. The number of hydrogen-bond donors (Lipinski definition) is 1. The number of nitrogens with zero attached hydrogens (tertiary/aromatic N) is 2. The van der Waals surface area contributed by atoms with Crippen molar-refractivity contribution in [3.8, 4) is 0 Å². The number of aliphatic hydroxyl groups excluding tert-OH is 1. The summed E-state index contributed by atoms with van der Waals surface area (Å²) < 4.78 is 0. The molecule has 0 spiro atoms. The molecule has 88 valence electrons. The Labute approximate surface area is 98.9 Å². The van der Waals surface area contributed by atoms with E-state index in [0.717, 1.165) is 15.6 Å². The number of carbonyl (C=O) groups is 1.